The maximum atomic E-state index is 12.0. The molecule has 0 spiro atoms. The van der Waals surface area contributed by atoms with Crippen LogP contribution in [0.1, 0.15) is 18.9 Å². The molecule has 1 aliphatic rings. The van der Waals surface area contributed by atoms with E-state index < -0.39 is 16.6 Å². The Morgan fingerprint density at radius 2 is 2.00 bits per heavy atom. The molecule has 0 aliphatic heterocycles. The highest BCUT2D eigenvalue weighted by atomic mass is 35.5. The van der Waals surface area contributed by atoms with Crippen molar-refractivity contribution in [2.75, 3.05) is 6.61 Å². The highest BCUT2D eigenvalue weighted by Crippen LogP contribution is 2.34. The molecule has 114 valence electrons. The summed E-state index contributed by atoms with van der Waals surface area (Å²) in [7, 11) is 0. The summed E-state index contributed by atoms with van der Waals surface area (Å²) in [5.74, 6) is -0.603. The lowest BCUT2D eigenvalue weighted by molar-refractivity contribution is -0.154. The van der Waals surface area contributed by atoms with Gasteiger partial charge < -0.3 is 4.74 Å². The summed E-state index contributed by atoms with van der Waals surface area (Å²) >= 11 is 5.63. The number of hydrogen-bond acceptors (Lipinski definition) is 3. The van der Waals surface area contributed by atoms with Gasteiger partial charge in [0, 0.05) is 0 Å². The number of ether oxygens (including phenoxy) is 1. The second kappa shape index (κ2) is 7.23. The normalized spacial score (nSPS) is 20.7. The standard InChI is InChI=1S/C18H17ClO3/c1-2-22-17(21)18(16(19)20)12-10-15(11-13-18)9-8-14-6-4-3-5-7-14/h3-12H,2,13H2,1H3. The summed E-state index contributed by atoms with van der Waals surface area (Å²) in [6, 6.07) is 9.87. The highest BCUT2D eigenvalue weighted by molar-refractivity contribution is 6.66. The van der Waals surface area contributed by atoms with Crippen LogP contribution in [0.25, 0.3) is 6.08 Å². The van der Waals surface area contributed by atoms with Gasteiger partial charge in [-0.25, -0.2) is 0 Å². The molecule has 0 fully saturated rings. The molecular formula is C18H17ClO3. The highest BCUT2D eigenvalue weighted by Gasteiger charge is 2.44. The Morgan fingerprint density at radius 3 is 2.55 bits per heavy atom. The molecule has 0 N–H and O–H groups in total. The average Bonchev–Trinajstić information content (AvgIpc) is 2.54. The molecule has 0 amide bonds. The summed E-state index contributed by atoms with van der Waals surface area (Å²) < 4.78 is 4.97. The molecule has 0 saturated heterocycles. The van der Waals surface area contributed by atoms with Crippen LogP contribution in [0.15, 0.2) is 60.2 Å². The molecule has 3 nitrogen and oxygen atoms in total. The molecule has 1 aromatic rings. The van der Waals surface area contributed by atoms with Crippen LogP contribution in [0, 0.1) is 5.41 Å². The molecule has 1 unspecified atom stereocenters. The lowest BCUT2D eigenvalue weighted by Gasteiger charge is -2.25. The molecule has 0 aromatic heterocycles. The SMILES string of the molecule is CCOC(=O)C1(C(=O)Cl)C=CC(C=Cc2ccccc2)=CC1. The average molecular weight is 317 g/mol. The lowest BCUT2D eigenvalue weighted by Crippen LogP contribution is -2.37. The zero-order valence-corrected chi connectivity index (χ0v) is 13.0. The van der Waals surface area contributed by atoms with E-state index in [-0.39, 0.29) is 13.0 Å². The van der Waals surface area contributed by atoms with Gasteiger partial charge in [-0.3, -0.25) is 9.59 Å². The van der Waals surface area contributed by atoms with Crippen LogP contribution in [0.5, 0.6) is 0 Å². The third-order valence-corrected chi connectivity index (χ3v) is 3.82. The van der Waals surface area contributed by atoms with Crippen LogP contribution >= 0.6 is 11.6 Å². The molecule has 0 heterocycles. The van der Waals surface area contributed by atoms with Gasteiger partial charge >= 0.3 is 5.97 Å². The topological polar surface area (TPSA) is 43.4 Å². The molecule has 1 aliphatic carbocycles. The van der Waals surface area contributed by atoms with E-state index in [4.69, 9.17) is 16.3 Å². The van der Waals surface area contributed by atoms with Crippen LogP contribution in [0.2, 0.25) is 0 Å². The first kappa shape index (κ1) is 16.2. The number of esters is 1. The van der Waals surface area contributed by atoms with Crippen LogP contribution in [-0.4, -0.2) is 17.8 Å². The Labute approximate surface area is 134 Å². The lowest BCUT2D eigenvalue weighted by atomic mass is 9.81. The molecule has 4 heteroatoms. The Kier molecular flexibility index (Phi) is 5.34. The number of hydrogen-bond donors (Lipinski definition) is 0. The van der Waals surface area contributed by atoms with E-state index in [9.17, 15) is 9.59 Å². The smallest absolute Gasteiger partial charge is 0.325 e. The molecule has 0 bridgehead atoms. The maximum Gasteiger partial charge on any atom is 0.325 e. The number of allylic oxidation sites excluding steroid dienone is 4. The fourth-order valence-corrected chi connectivity index (χ4v) is 2.39. The molecule has 2 rings (SSSR count). The third-order valence-electron chi connectivity index (χ3n) is 3.48. The van der Waals surface area contributed by atoms with Gasteiger partial charge in [0.1, 0.15) is 0 Å². The number of benzene rings is 1. The van der Waals surface area contributed by atoms with E-state index in [1.54, 1.807) is 13.0 Å². The molecule has 0 radical (unpaired) electrons. The van der Waals surface area contributed by atoms with Crippen molar-refractivity contribution < 1.29 is 14.3 Å². The first-order chi connectivity index (χ1) is 10.6. The van der Waals surface area contributed by atoms with Crippen molar-refractivity contribution in [1.82, 2.24) is 0 Å². The van der Waals surface area contributed by atoms with Crippen LogP contribution in [-0.2, 0) is 14.3 Å². The van der Waals surface area contributed by atoms with Gasteiger partial charge in [0.05, 0.1) is 6.61 Å². The number of carbonyl (C=O) groups excluding carboxylic acids is 2. The van der Waals surface area contributed by atoms with Crippen LogP contribution < -0.4 is 0 Å². The Bertz CT molecular complexity index is 644. The summed E-state index contributed by atoms with van der Waals surface area (Å²) in [5, 5.41) is -0.718. The van der Waals surface area contributed by atoms with Crippen molar-refractivity contribution in [3.8, 4) is 0 Å². The number of halogens is 1. The predicted octanol–water partition coefficient (Wildman–Crippen LogP) is 3.90. The van der Waals surface area contributed by atoms with Crippen molar-refractivity contribution in [3.63, 3.8) is 0 Å². The fraction of sp³-hybridized carbons (Fsp3) is 0.222. The zero-order chi connectivity index (χ0) is 16.0. The predicted molar refractivity (Wildman–Crippen MR) is 87.2 cm³/mol. The van der Waals surface area contributed by atoms with Crippen molar-refractivity contribution in [2.24, 2.45) is 5.41 Å². The first-order valence-corrected chi connectivity index (χ1v) is 7.46. The van der Waals surface area contributed by atoms with Crippen molar-refractivity contribution >= 4 is 28.9 Å². The van der Waals surface area contributed by atoms with Crippen molar-refractivity contribution in [2.45, 2.75) is 13.3 Å². The minimum absolute atomic E-state index is 0.207. The van der Waals surface area contributed by atoms with Crippen molar-refractivity contribution in [3.05, 3.63) is 65.8 Å². The van der Waals surface area contributed by atoms with Gasteiger partial charge in [-0.05, 0) is 36.1 Å². The van der Waals surface area contributed by atoms with Crippen molar-refractivity contribution in [1.29, 1.82) is 0 Å². The Morgan fingerprint density at radius 1 is 1.27 bits per heavy atom. The van der Waals surface area contributed by atoms with Gasteiger partial charge in [-0.15, -0.1) is 0 Å². The molecule has 0 saturated carbocycles. The monoisotopic (exact) mass is 316 g/mol. The third kappa shape index (κ3) is 3.55. The molecular weight excluding hydrogens is 300 g/mol. The van der Waals surface area contributed by atoms with E-state index in [1.807, 2.05) is 48.6 Å². The number of carbonyl (C=O) groups is 2. The molecule has 1 aromatic carbocycles. The van der Waals surface area contributed by atoms with Crippen LogP contribution in [0.4, 0.5) is 0 Å². The van der Waals surface area contributed by atoms with E-state index >= 15 is 0 Å². The minimum atomic E-state index is -1.40. The molecule has 22 heavy (non-hydrogen) atoms. The first-order valence-electron chi connectivity index (χ1n) is 7.08. The summed E-state index contributed by atoms with van der Waals surface area (Å²) in [4.78, 5) is 23.7. The quantitative estimate of drug-likeness (QED) is 0.470. The minimum Gasteiger partial charge on any atom is -0.465 e. The maximum absolute atomic E-state index is 12.0. The van der Waals surface area contributed by atoms with Gasteiger partial charge in [-0.1, -0.05) is 60.7 Å². The van der Waals surface area contributed by atoms with E-state index in [1.165, 1.54) is 6.08 Å². The van der Waals surface area contributed by atoms with Gasteiger partial charge in [0.25, 0.3) is 0 Å². The largest absolute Gasteiger partial charge is 0.465 e. The second-order valence-electron chi connectivity index (χ2n) is 4.95. The summed E-state index contributed by atoms with van der Waals surface area (Å²) in [5.41, 5.74) is 0.593. The van der Waals surface area contributed by atoms with Gasteiger partial charge in [-0.2, -0.15) is 0 Å². The van der Waals surface area contributed by atoms with Gasteiger partial charge in [0.2, 0.25) is 5.24 Å². The summed E-state index contributed by atoms with van der Waals surface area (Å²) in [6.07, 6.45) is 9.18. The Balaban J connectivity index is 2.14. The van der Waals surface area contributed by atoms with Crippen LogP contribution in [0.3, 0.4) is 0 Å². The van der Waals surface area contributed by atoms with E-state index in [0.717, 1.165) is 11.1 Å². The Hall–Kier alpha value is -2.13. The van der Waals surface area contributed by atoms with E-state index in [2.05, 4.69) is 0 Å². The second-order valence-corrected chi connectivity index (χ2v) is 5.29. The fourth-order valence-electron chi connectivity index (χ4n) is 2.17. The summed E-state index contributed by atoms with van der Waals surface area (Å²) in [6.45, 7) is 1.91. The molecule has 1 atom stereocenters. The number of rotatable bonds is 5. The van der Waals surface area contributed by atoms with E-state index in [0.29, 0.717) is 0 Å². The van der Waals surface area contributed by atoms with Gasteiger partial charge in [0.15, 0.2) is 5.41 Å². The zero-order valence-electron chi connectivity index (χ0n) is 12.3.